The van der Waals surface area contributed by atoms with Gasteiger partial charge in [-0.2, -0.15) is 0 Å². The van der Waals surface area contributed by atoms with Crippen molar-refractivity contribution >= 4 is 23.2 Å². The van der Waals surface area contributed by atoms with Crippen molar-refractivity contribution in [2.75, 3.05) is 23.7 Å². The molecule has 0 aliphatic carbocycles. The summed E-state index contributed by atoms with van der Waals surface area (Å²) in [6.07, 6.45) is 0.999. The Morgan fingerprint density at radius 2 is 1.61 bits per heavy atom. The molecule has 0 saturated heterocycles. The number of carbonyl (C=O) groups is 2. The van der Waals surface area contributed by atoms with Crippen molar-refractivity contribution < 1.29 is 9.59 Å². The Morgan fingerprint density at radius 3 is 2.11 bits per heavy atom. The molecule has 2 amide bonds. The number of benzene rings is 1. The van der Waals surface area contributed by atoms with Crippen molar-refractivity contribution in [3.05, 3.63) is 24.3 Å². The fourth-order valence-corrected chi connectivity index (χ4v) is 1.42. The van der Waals surface area contributed by atoms with Gasteiger partial charge in [0.1, 0.15) is 0 Å². The molecule has 0 unspecified atom stereocenters. The summed E-state index contributed by atoms with van der Waals surface area (Å²) in [5.41, 5.74) is 1.43. The van der Waals surface area contributed by atoms with Crippen LogP contribution in [0.2, 0.25) is 0 Å². The molecule has 5 nitrogen and oxygen atoms in total. The largest absolute Gasteiger partial charge is 0.326 e. The summed E-state index contributed by atoms with van der Waals surface area (Å²) in [6, 6.07) is 7.00. The van der Waals surface area contributed by atoms with Gasteiger partial charge in [0.05, 0.1) is 6.54 Å². The van der Waals surface area contributed by atoms with Crippen molar-refractivity contribution in [3.8, 4) is 0 Å². The number of hydrogen-bond donors (Lipinski definition) is 3. The van der Waals surface area contributed by atoms with E-state index in [1.54, 1.807) is 24.3 Å². The summed E-state index contributed by atoms with van der Waals surface area (Å²) in [4.78, 5) is 22.3. The minimum atomic E-state index is -0.115. The van der Waals surface area contributed by atoms with Crippen LogP contribution in [-0.2, 0) is 9.59 Å². The van der Waals surface area contributed by atoms with E-state index in [4.69, 9.17) is 0 Å². The van der Waals surface area contributed by atoms with Gasteiger partial charge in [-0.3, -0.25) is 9.59 Å². The average molecular weight is 249 g/mol. The highest BCUT2D eigenvalue weighted by Gasteiger charge is 2.01. The van der Waals surface area contributed by atoms with Crippen LogP contribution in [0.15, 0.2) is 24.3 Å². The van der Waals surface area contributed by atoms with Crippen molar-refractivity contribution in [2.24, 2.45) is 0 Å². The smallest absolute Gasteiger partial charge is 0.238 e. The van der Waals surface area contributed by atoms with Crippen LogP contribution in [-0.4, -0.2) is 24.9 Å². The minimum Gasteiger partial charge on any atom is -0.326 e. The summed E-state index contributed by atoms with van der Waals surface area (Å²) in [7, 11) is 0. The summed E-state index contributed by atoms with van der Waals surface area (Å²) in [6.45, 7) is 4.64. The van der Waals surface area contributed by atoms with Crippen LogP contribution in [0.3, 0.4) is 0 Å². The zero-order valence-electron chi connectivity index (χ0n) is 10.7. The van der Waals surface area contributed by atoms with Crippen LogP contribution >= 0.6 is 0 Å². The van der Waals surface area contributed by atoms with E-state index >= 15 is 0 Å². The van der Waals surface area contributed by atoms with Crippen LogP contribution in [0.25, 0.3) is 0 Å². The number of anilines is 2. The number of amides is 2. The topological polar surface area (TPSA) is 70.2 Å². The molecule has 0 fully saturated rings. The first-order valence-electron chi connectivity index (χ1n) is 6.00. The van der Waals surface area contributed by atoms with Gasteiger partial charge < -0.3 is 16.0 Å². The third-order valence-corrected chi connectivity index (χ3v) is 2.20. The van der Waals surface area contributed by atoms with Crippen LogP contribution < -0.4 is 16.0 Å². The molecular formula is C13H19N3O2. The maximum Gasteiger partial charge on any atom is 0.238 e. The van der Waals surface area contributed by atoms with Gasteiger partial charge in [-0.25, -0.2) is 0 Å². The van der Waals surface area contributed by atoms with Gasteiger partial charge in [-0.05, 0) is 37.2 Å². The molecule has 0 spiro atoms. The second kappa shape index (κ2) is 7.45. The maximum absolute atomic E-state index is 11.5. The molecule has 0 aliphatic heterocycles. The second-order valence-corrected chi connectivity index (χ2v) is 3.98. The highest BCUT2D eigenvalue weighted by atomic mass is 16.2. The van der Waals surface area contributed by atoms with Gasteiger partial charge in [0.15, 0.2) is 0 Å². The predicted octanol–water partition coefficient (Wildman–Crippen LogP) is 1.58. The molecule has 0 aromatic heterocycles. The average Bonchev–Trinajstić information content (AvgIpc) is 2.31. The van der Waals surface area contributed by atoms with Gasteiger partial charge >= 0.3 is 0 Å². The van der Waals surface area contributed by atoms with Gasteiger partial charge in [0, 0.05) is 18.3 Å². The highest BCUT2D eigenvalue weighted by Crippen LogP contribution is 2.13. The monoisotopic (exact) mass is 249 g/mol. The second-order valence-electron chi connectivity index (χ2n) is 3.98. The number of nitrogens with one attached hydrogen (secondary N) is 3. The minimum absolute atomic E-state index is 0.0734. The van der Waals surface area contributed by atoms with E-state index in [-0.39, 0.29) is 11.8 Å². The first-order chi connectivity index (χ1) is 8.61. The molecule has 98 valence electrons. The highest BCUT2D eigenvalue weighted by molar-refractivity contribution is 5.93. The molecule has 1 rings (SSSR count). The molecule has 1 aromatic rings. The molecule has 1 aromatic carbocycles. The molecule has 0 heterocycles. The lowest BCUT2D eigenvalue weighted by atomic mass is 10.2. The van der Waals surface area contributed by atoms with Crippen molar-refractivity contribution in [2.45, 2.75) is 20.3 Å². The number of carbonyl (C=O) groups excluding carboxylic acids is 2. The van der Waals surface area contributed by atoms with E-state index in [2.05, 4.69) is 16.0 Å². The molecule has 0 atom stereocenters. The van der Waals surface area contributed by atoms with Crippen molar-refractivity contribution in [3.63, 3.8) is 0 Å². The third-order valence-electron chi connectivity index (χ3n) is 2.20. The Balaban J connectivity index is 2.43. The van der Waals surface area contributed by atoms with Crippen LogP contribution in [0.4, 0.5) is 11.4 Å². The Bertz CT molecular complexity index is 401. The summed E-state index contributed by atoms with van der Waals surface area (Å²) < 4.78 is 0. The van der Waals surface area contributed by atoms with Crippen molar-refractivity contribution in [1.29, 1.82) is 0 Å². The Kier molecular flexibility index (Phi) is 5.87. The van der Waals surface area contributed by atoms with Gasteiger partial charge in [-0.15, -0.1) is 0 Å². The van der Waals surface area contributed by atoms with Crippen LogP contribution in [0.1, 0.15) is 20.3 Å². The Labute approximate surface area is 107 Å². The van der Waals surface area contributed by atoms with Crippen LogP contribution in [0, 0.1) is 0 Å². The Morgan fingerprint density at radius 1 is 1.06 bits per heavy atom. The lowest BCUT2D eigenvalue weighted by molar-refractivity contribution is -0.115. The van der Waals surface area contributed by atoms with E-state index in [9.17, 15) is 9.59 Å². The molecule has 0 radical (unpaired) electrons. The van der Waals surface area contributed by atoms with E-state index < -0.39 is 0 Å². The number of hydrogen-bond acceptors (Lipinski definition) is 3. The fraction of sp³-hybridized carbons (Fsp3) is 0.385. The van der Waals surface area contributed by atoms with E-state index in [1.807, 2.05) is 6.92 Å². The Hall–Kier alpha value is -1.88. The standard InChI is InChI=1S/C13H19N3O2/c1-3-8-14-9-13(18)16-12-6-4-11(5-7-12)15-10(2)17/h4-7,14H,3,8-9H2,1-2H3,(H,15,17)(H,16,18). The first kappa shape index (κ1) is 14.2. The van der Waals surface area contributed by atoms with E-state index in [1.165, 1.54) is 6.92 Å². The first-order valence-corrected chi connectivity index (χ1v) is 6.00. The molecule has 5 heteroatoms. The summed E-state index contributed by atoms with van der Waals surface area (Å²) in [5.74, 6) is -0.189. The normalized spacial score (nSPS) is 9.89. The quantitative estimate of drug-likeness (QED) is 0.670. The van der Waals surface area contributed by atoms with Gasteiger partial charge in [-0.1, -0.05) is 6.92 Å². The zero-order valence-corrected chi connectivity index (χ0v) is 10.7. The summed E-state index contributed by atoms with van der Waals surface area (Å²) in [5, 5.41) is 8.45. The molecule has 18 heavy (non-hydrogen) atoms. The predicted molar refractivity (Wildman–Crippen MR) is 72.5 cm³/mol. The van der Waals surface area contributed by atoms with Crippen molar-refractivity contribution in [1.82, 2.24) is 5.32 Å². The maximum atomic E-state index is 11.5. The molecule has 0 saturated carbocycles. The van der Waals surface area contributed by atoms with Gasteiger partial charge in [0.2, 0.25) is 11.8 Å². The fourth-order valence-electron chi connectivity index (χ4n) is 1.42. The number of rotatable bonds is 6. The lowest BCUT2D eigenvalue weighted by Gasteiger charge is -2.07. The molecule has 0 aliphatic rings. The lowest BCUT2D eigenvalue weighted by Crippen LogP contribution is -2.28. The zero-order chi connectivity index (χ0) is 13.4. The molecule has 0 bridgehead atoms. The van der Waals surface area contributed by atoms with E-state index in [0.29, 0.717) is 17.9 Å². The van der Waals surface area contributed by atoms with Crippen LogP contribution in [0.5, 0.6) is 0 Å². The molecular weight excluding hydrogens is 230 g/mol. The SMILES string of the molecule is CCCNCC(=O)Nc1ccc(NC(C)=O)cc1. The summed E-state index contributed by atoms with van der Waals surface area (Å²) >= 11 is 0. The molecule has 3 N–H and O–H groups in total. The van der Waals surface area contributed by atoms with Gasteiger partial charge in [0.25, 0.3) is 0 Å². The van der Waals surface area contributed by atoms with E-state index in [0.717, 1.165) is 13.0 Å². The third kappa shape index (κ3) is 5.45.